The number of carbonyl (C=O) groups excluding carboxylic acids is 3. The van der Waals surface area contributed by atoms with E-state index in [1.165, 1.54) is 6.29 Å². The number of carbonyl (C=O) groups is 2. The first-order valence-electron chi connectivity index (χ1n) is 1.64. The topological polar surface area (TPSA) is 51.2 Å². The molecule has 0 spiro atoms. The number of hydrogen-bond acceptors (Lipinski definition) is 3. The monoisotopic (exact) mass is 99.0 g/mol. The van der Waals surface area contributed by atoms with Crippen molar-refractivity contribution in [3.8, 4) is 0 Å². The predicted octanol–water partition coefficient (Wildman–Crippen LogP) is -0.746. The Bertz CT molecular complexity index is 95.1. The quantitative estimate of drug-likeness (QED) is 0.266. The third-order valence-corrected chi connectivity index (χ3v) is 0.378. The standard InChI is InChI=1S/C4H3O3/c5-2-1-4(7)3-6/h3H,1H2. The van der Waals surface area contributed by atoms with Crippen LogP contribution in [0.5, 0.6) is 0 Å². The molecule has 0 amide bonds. The number of ketones is 1. The molecule has 3 heteroatoms. The second-order valence-electron chi connectivity index (χ2n) is 0.905. The molecule has 0 N–H and O–H groups in total. The molecule has 0 unspecified atom stereocenters. The maximum atomic E-state index is 9.78. The molecule has 0 atom stereocenters. The second kappa shape index (κ2) is 3.21. The van der Waals surface area contributed by atoms with Gasteiger partial charge in [0.05, 0.1) is 6.42 Å². The van der Waals surface area contributed by atoms with Crippen molar-refractivity contribution < 1.29 is 14.4 Å². The summed E-state index contributed by atoms with van der Waals surface area (Å²) in [6, 6.07) is 0. The molecular formula is C4H3O3. The SMILES string of the molecule is O=[C]CC(=O)C=O. The van der Waals surface area contributed by atoms with E-state index in [-0.39, 0.29) is 6.29 Å². The van der Waals surface area contributed by atoms with Gasteiger partial charge in [-0.3, -0.25) is 14.4 Å². The minimum Gasteiger partial charge on any atom is -0.295 e. The van der Waals surface area contributed by atoms with Crippen molar-refractivity contribution in [2.45, 2.75) is 6.42 Å². The van der Waals surface area contributed by atoms with E-state index >= 15 is 0 Å². The van der Waals surface area contributed by atoms with Crippen molar-refractivity contribution in [3.05, 3.63) is 0 Å². The largest absolute Gasteiger partial charge is 0.295 e. The maximum Gasteiger partial charge on any atom is 0.206 e. The summed E-state index contributed by atoms with van der Waals surface area (Å²) in [5, 5.41) is 0. The zero-order chi connectivity index (χ0) is 5.70. The number of aldehydes is 1. The van der Waals surface area contributed by atoms with Crippen LogP contribution in [-0.2, 0) is 14.4 Å². The molecule has 0 heterocycles. The Morgan fingerprint density at radius 3 is 2.43 bits per heavy atom. The Morgan fingerprint density at radius 2 is 2.29 bits per heavy atom. The molecule has 0 aromatic rings. The fraction of sp³-hybridized carbons (Fsp3) is 0.250. The molecule has 0 aliphatic rings. The van der Waals surface area contributed by atoms with Gasteiger partial charge in [-0.25, -0.2) is 0 Å². The molecular weight excluding hydrogens is 96.0 g/mol. The summed E-state index contributed by atoms with van der Waals surface area (Å²) in [6.45, 7) is 0. The van der Waals surface area contributed by atoms with Gasteiger partial charge in [0.25, 0.3) is 0 Å². The van der Waals surface area contributed by atoms with Crippen LogP contribution in [0.4, 0.5) is 0 Å². The summed E-state index contributed by atoms with van der Waals surface area (Å²) in [5.41, 5.74) is 0. The van der Waals surface area contributed by atoms with Crippen LogP contribution in [0.3, 0.4) is 0 Å². The van der Waals surface area contributed by atoms with E-state index in [0.717, 1.165) is 0 Å². The van der Waals surface area contributed by atoms with Gasteiger partial charge in [-0.05, 0) is 0 Å². The lowest BCUT2D eigenvalue weighted by Gasteiger charge is -1.69. The highest BCUT2D eigenvalue weighted by atomic mass is 16.2. The molecule has 0 aromatic heterocycles. The van der Waals surface area contributed by atoms with Crippen LogP contribution in [0.1, 0.15) is 6.42 Å². The zero-order valence-electron chi connectivity index (χ0n) is 3.51. The molecule has 0 saturated heterocycles. The molecule has 1 radical (unpaired) electrons. The van der Waals surface area contributed by atoms with Crippen molar-refractivity contribution in [1.82, 2.24) is 0 Å². The first-order chi connectivity index (χ1) is 3.31. The van der Waals surface area contributed by atoms with Crippen molar-refractivity contribution in [3.63, 3.8) is 0 Å². The minimum atomic E-state index is -0.727. The van der Waals surface area contributed by atoms with Crippen LogP contribution in [0.2, 0.25) is 0 Å². The van der Waals surface area contributed by atoms with Gasteiger partial charge in [0.1, 0.15) is 0 Å². The maximum absolute atomic E-state index is 9.78. The highest BCUT2D eigenvalue weighted by molar-refractivity contribution is 6.27. The molecule has 3 nitrogen and oxygen atoms in total. The molecule has 0 fully saturated rings. The molecule has 0 rings (SSSR count). The normalized spacial score (nSPS) is 7.43. The lowest BCUT2D eigenvalue weighted by Crippen LogP contribution is -1.97. The third kappa shape index (κ3) is 2.82. The molecule has 0 saturated carbocycles. The zero-order valence-corrected chi connectivity index (χ0v) is 3.51. The summed E-state index contributed by atoms with van der Waals surface area (Å²) in [5.74, 6) is -0.727. The van der Waals surface area contributed by atoms with Crippen molar-refractivity contribution >= 4 is 18.4 Å². The third-order valence-electron chi connectivity index (χ3n) is 0.378. The van der Waals surface area contributed by atoms with Crippen LogP contribution in [0.25, 0.3) is 0 Å². The van der Waals surface area contributed by atoms with Crippen molar-refractivity contribution in [2.24, 2.45) is 0 Å². The van der Waals surface area contributed by atoms with Gasteiger partial charge in [0.2, 0.25) is 12.1 Å². The summed E-state index contributed by atoms with van der Waals surface area (Å²) in [6.07, 6.45) is 0.976. The highest BCUT2D eigenvalue weighted by Gasteiger charge is 1.93. The molecule has 0 aliphatic heterocycles. The van der Waals surface area contributed by atoms with E-state index in [2.05, 4.69) is 0 Å². The van der Waals surface area contributed by atoms with Gasteiger partial charge in [-0.15, -0.1) is 0 Å². The summed E-state index contributed by atoms with van der Waals surface area (Å²) >= 11 is 0. The number of rotatable bonds is 3. The average Bonchev–Trinajstić information content (AvgIpc) is 1.68. The molecule has 0 aromatic carbocycles. The smallest absolute Gasteiger partial charge is 0.206 e. The predicted molar refractivity (Wildman–Crippen MR) is 21.4 cm³/mol. The lowest BCUT2D eigenvalue weighted by atomic mass is 10.3. The van der Waals surface area contributed by atoms with E-state index in [4.69, 9.17) is 0 Å². The van der Waals surface area contributed by atoms with Crippen LogP contribution < -0.4 is 0 Å². The van der Waals surface area contributed by atoms with Gasteiger partial charge in [-0.2, -0.15) is 0 Å². The second-order valence-corrected chi connectivity index (χ2v) is 0.905. The van der Waals surface area contributed by atoms with Gasteiger partial charge < -0.3 is 0 Å². The van der Waals surface area contributed by atoms with E-state index in [0.29, 0.717) is 0 Å². The van der Waals surface area contributed by atoms with Crippen molar-refractivity contribution in [2.75, 3.05) is 0 Å². The van der Waals surface area contributed by atoms with Crippen molar-refractivity contribution in [1.29, 1.82) is 0 Å². The average molecular weight is 99.1 g/mol. The molecule has 0 aliphatic carbocycles. The van der Waals surface area contributed by atoms with E-state index < -0.39 is 12.2 Å². The Kier molecular flexibility index (Phi) is 2.76. The molecule has 7 heavy (non-hydrogen) atoms. The summed E-state index contributed by atoms with van der Waals surface area (Å²) < 4.78 is 0. The lowest BCUT2D eigenvalue weighted by molar-refractivity contribution is -0.129. The van der Waals surface area contributed by atoms with Crippen LogP contribution in [0.15, 0.2) is 0 Å². The van der Waals surface area contributed by atoms with Gasteiger partial charge >= 0.3 is 0 Å². The number of Topliss-reactive ketones (excluding diaryl/α,β-unsaturated/α-hetero) is 1. The Morgan fingerprint density at radius 1 is 1.71 bits per heavy atom. The van der Waals surface area contributed by atoms with Crippen LogP contribution in [0, 0.1) is 0 Å². The fourth-order valence-electron chi connectivity index (χ4n) is 0.113. The summed E-state index contributed by atoms with van der Waals surface area (Å²) in [4.78, 5) is 28.4. The highest BCUT2D eigenvalue weighted by Crippen LogP contribution is 1.67. The Labute approximate surface area is 40.3 Å². The van der Waals surface area contributed by atoms with Gasteiger partial charge in [-0.1, -0.05) is 0 Å². The number of hydrogen-bond donors (Lipinski definition) is 0. The fourth-order valence-corrected chi connectivity index (χ4v) is 0.113. The molecule has 0 bridgehead atoms. The molecule has 37 valence electrons. The summed E-state index contributed by atoms with van der Waals surface area (Å²) in [7, 11) is 0. The van der Waals surface area contributed by atoms with E-state index in [9.17, 15) is 14.4 Å². The van der Waals surface area contributed by atoms with Gasteiger partial charge in [0.15, 0.2) is 6.29 Å². The Balaban J connectivity index is 3.36. The first kappa shape index (κ1) is 6.01. The van der Waals surface area contributed by atoms with E-state index in [1.54, 1.807) is 0 Å². The first-order valence-corrected chi connectivity index (χ1v) is 1.64. The van der Waals surface area contributed by atoms with Gasteiger partial charge in [0, 0.05) is 0 Å². The Hall–Kier alpha value is -0.990. The van der Waals surface area contributed by atoms with Crippen LogP contribution >= 0.6 is 0 Å². The van der Waals surface area contributed by atoms with Crippen LogP contribution in [-0.4, -0.2) is 18.4 Å². The van der Waals surface area contributed by atoms with E-state index in [1.807, 2.05) is 0 Å². The minimum absolute atomic E-state index is 0.102.